The molecule has 0 saturated heterocycles. The molecule has 1 aliphatic heterocycles. The van der Waals surface area contributed by atoms with Gasteiger partial charge in [-0.05, 0) is 78.1 Å². The van der Waals surface area contributed by atoms with Gasteiger partial charge in [0.25, 0.3) is 5.91 Å². The lowest BCUT2D eigenvalue weighted by Gasteiger charge is -2.34. The van der Waals surface area contributed by atoms with Gasteiger partial charge < -0.3 is 20.1 Å². The Morgan fingerprint density at radius 2 is 1.69 bits per heavy atom. The fourth-order valence-corrected chi connectivity index (χ4v) is 6.18. The summed E-state index contributed by atoms with van der Waals surface area (Å²) in [5.41, 5.74) is 3.64. The van der Waals surface area contributed by atoms with Crippen molar-refractivity contribution in [2.75, 3.05) is 12.4 Å². The molecule has 35 heavy (non-hydrogen) atoms. The highest BCUT2D eigenvalue weighted by atomic mass is 32.1. The quantitative estimate of drug-likeness (QED) is 0.347. The smallest absolute Gasteiger partial charge is 0.343 e. The number of amides is 1. The Morgan fingerprint density at radius 1 is 1.00 bits per heavy atom. The van der Waals surface area contributed by atoms with Gasteiger partial charge in [-0.1, -0.05) is 32.9 Å². The minimum Gasteiger partial charge on any atom is -0.497 e. The van der Waals surface area contributed by atoms with Gasteiger partial charge in [-0.15, -0.1) is 11.3 Å². The third-order valence-corrected chi connectivity index (χ3v) is 8.20. The molecule has 1 aliphatic carbocycles. The van der Waals surface area contributed by atoms with Crippen LogP contribution in [-0.4, -0.2) is 19.0 Å². The van der Waals surface area contributed by atoms with E-state index in [2.05, 4.69) is 31.4 Å². The van der Waals surface area contributed by atoms with Crippen LogP contribution in [0.5, 0.6) is 11.5 Å². The van der Waals surface area contributed by atoms with E-state index < -0.39 is 5.97 Å². The van der Waals surface area contributed by atoms with Crippen molar-refractivity contribution in [2.45, 2.75) is 46.2 Å². The van der Waals surface area contributed by atoms with E-state index in [1.807, 2.05) is 12.1 Å². The molecular formula is C28H30N2O4S. The first kappa shape index (κ1) is 23.4. The molecule has 1 aromatic heterocycles. The molecule has 0 saturated carbocycles. The second-order valence-electron chi connectivity index (χ2n) is 10.3. The van der Waals surface area contributed by atoms with Crippen LogP contribution in [0.2, 0.25) is 0 Å². The predicted molar refractivity (Wildman–Crippen MR) is 138 cm³/mol. The third kappa shape index (κ3) is 4.65. The Kier molecular flexibility index (Phi) is 6.05. The minimum atomic E-state index is -0.438. The van der Waals surface area contributed by atoms with Gasteiger partial charge in [0.05, 0.1) is 18.2 Å². The van der Waals surface area contributed by atoms with Crippen LogP contribution in [0, 0.1) is 11.3 Å². The topological polar surface area (TPSA) is 76.7 Å². The van der Waals surface area contributed by atoms with Gasteiger partial charge in [0.1, 0.15) is 22.7 Å². The number of fused-ring (bicyclic) bond motifs is 3. The van der Waals surface area contributed by atoms with Crippen molar-refractivity contribution in [1.82, 2.24) is 5.32 Å². The van der Waals surface area contributed by atoms with Gasteiger partial charge in [-0.2, -0.15) is 0 Å². The Bertz CT molecular complexity index is 1260. The first-order chi connectivity index (χ1) is 16.7. The van der Waals surface area contributed by atoms with Crippen molar-refractivity contribution >= 4 is 28.2 Å². The maximum absolute atomic E-state index is 13.1. The number of anilines is 1. The summed E-state index contributed by atoms with van der Waals surface area (Å²) in [7, 11) is 1.58. The number of rotatable bonds is 4. The van der Waals surface area contributed by atoms with Crippen LogP contribution in [0.3, 0.4) is 0 Å². The van der Waals surface area contributed by atoms with E-state index in [-0.39, 0.29) is 17.5 Å². The number of methoxy groups -OCH3 is 1. The third-order valence-electron chi connectivity index (χ3n) is 7.02. The fraction of sp³-hybridized carbons (Fsp3) is 0.357. The number of nitrogens with one attached hydrogen (secondary N) is 2. The summed E-state index contributed by atoms with van der Waals surface area (Å²) in [5.74, 6) is 1.29. The Morgan fingerprint density at radius 3 is 2.34 bits per heavy atom. The van der Waals surface area contributed by atoms with Crippen LogP contribution in [0.25, 0.3) is 0 Å². The zero-order valence-corrected chi connectivity index (χ0v) is 21.3. The maximum Gasteiger partial charge on any atom is 0.343 e. The SMILES string of the molecule is COc1ccc(C(=O)Oc2ccc([C@H]3NC(=O)c4c(sc5c4CC[C@H](C(C)(C)C)C5)N3)cc2)cc1. The van der Waals surface area contributed by atoms with Gasteiger partial charge in [0.15, 0.2) is 0 Å². The van der Waals surface area contributed by atoms with Crippen LogP contribution in [0.1, 0.15) is 70.1 Å². The summed E-state index contributed by atoms with van der Waals surface area (Å²) in [6.45, 7) is 6.90. The fourth-order valence-electron chi connectivity index (χ4n) is 4.83. The molecule has 2 atom stereocenters. The zero-order valence-electron chi connectivity index (χ0n) is 20.4. The number of thiophene rings is 1. The number of hydrogen-bond donors (Lipinski definition) is 2. The molecule has 3 aromatic rings. The summed E-state index contributed by atoms with van der Waals surface area (Å²) in [6, 6.07) is 14.0. The van der Waals surface area contributed by atoms with E-state index >= 15 is 0 Å². The van der Waals surface area contributed by atoms with Crippen LogP contribution in [0.15, 0.2) is 48.5 Å². The van der Waals surface area contributed by atoms with Crippen molar-refractivity contribution in [3.63, 3.8) is 0 Å². The van der Waals surface area contributed by atoms with Crippen molar-refractivity contribution < 1.29 is 19.1 Å². The number of hydrogen-bond acceptors (Lipinski definition) is 6. The van der Waals surface area contributed by atoms with E-state index in [0.29, 0.717) is 23.0 Å². The molecular weight excluding hydrogens is 460 g/mol. The molecule has 2 N–H and O–H groups in total. The Labute approximate surface area is 209 Å². The molecule has 0 unspecified atom stereocenters. The molecule has 182 valence electrons. The zero-order chi connectivity index (χ0) is 24.7. The standard InChI is InChI=1S/C28H30N2O4S/c1-28(2,3)18-9-14-21-22(15-18)35-26-23(21)25(31)29-24(30-26)16-5-12-20(13-6-16)34-27(32)17-7-10-19(33-4)11-8-17/h5-8,10-13,18,24,30H,9,14-15H2,1-4H3,(H,29,31)/t18-,24-/m0/s1. The minimum absolute atomic E-state index is 0.0227. The average Bonchev–Trinajstić information content (AvgIpc) is 3.22. The largest absolute Gasteiger partial charge is 0.497 e. The number of esters is 1. The van der Waals surface area contributed by atoms with E-state index in [1.165, 1.54) is 10.4 Å². The molecule has 2 aromatic carbocycles. The summed E-state index contributed by atoms with van der Waals surface area (Å²) in [5, 5.41) is 7.57. The number of carbonyl (C=O) groups is 2. The first-order valence-electron chi connectivity index (χ1n) is 11.9. The van der Waals surface area contributed by atoms with Gasteiger partial charge in [0, 0.05) is 4.88 Å². The van der Waals surface area contributed by atoms with Gasteiger partial charge >= 0.3 is 5.97 Å². The second-order valence-corrected chi connectivity index (χ2v) is 11.4. The highest BCUT2D eigenvalue weighted by Crippen LogP contribution is 2.46. The molecule has 2 aliphatic rings. The molecule has 6 nitrogen and oxygen atoms in total. The van der Waals surface area contributed by atoms with E-state index in [0.717, 1.165) is 35.4 Å². The lowest BCUT2D eigenvalue weighted by atomic mass is 9.72. The van der Waals surface area contributed by atoms with Crippen LogP contribution < -0.4 is 20.1 Å². The van der Waals surface area contributed by atoms with Crippen molar-refractivity contribution in [1.29, 1.82) is 0 Å². The van der Waals surface area contributed by atoms with Crippen LogP contribution >= 0.6 is 11.3 Å². The molecule has 7 heteroatoms. The Hall–Kier alpha value is -3.32. The molecule has 0 radical (unpaired) electrons. The number of ether oxygens (including phenoxy) is 2. The summed E-state index contributed by atoms with van der Waals surface area (Å²) in [6.07, 6.45) is 2.77. The second kappa shape index (κ2) is 9.04. The first-order valence-corrected chi connectivity index (χ1v) is 12.7. The summed E-state index contributed by atoms with van der Waals surface area (Å²) in [4.78, 5) is 26.8. The van der Waals surface area contributed by atoms with E-state index in [4.69, 9.17) is 9.47 Å². The Balaban J connectivity index is 1.29. The number of benzene rings is 2. The predicted octanol–water partition coefficient (Wildman–Crippen LogP) is 5.98. The lowest BCUT2D eigenvalue weighted by molar-refractivity contribution is 0.0734. The molecule has 1 amide bonds. The lowest BCUT2D eigenvalue weighted by Crippen LogP contribution is -2.38. The van der Waals surface area contributed by atoms with Crippen LogP contribution in [-0.2, 0) is 12.8 Å². The van der Waals surface area contributed by atoms with E-state index in [1.54, 1.807) is 54.8 Å². The molecule has 5 rings (SSSR count). The van der Waals surface area contributed by atoms with Crippen molar-refractivity contribution in [3.05, 3.63) is 75.7 Å². The highest BCUT2D eigenvalue weighted by molar-refractivity contribution is 7.16. The van der Waals surface area contributed by atoms with Crippen molar-refractivity contribution in [3.8, 4) is 11.5 Å². The van der Waals surface area contributed by atoms with Gasteiger partial charge in [-0.3, -0.25) is 4.79 Å². The summed E-state index contributed by atoms with van der Waals surface area (Å²) < 4.78 is 10.6. The average molecular weight is 491 g/mol. The molecule has 0 fully saturated rings. The van der Waals surface area contributed by atoms with Crippen molar-refractivity contribution in [2.24, 2.45) is 11.3 Å². The normalized spacial score (nSPS) is 19.1. The van der Waals surface area contributed by atoms with Gasteiger partial charge in [0.2, 0.25) is 0 Å². The maximum atomic E-state index is 13.1. The molecule has 0 bridgehead atoms. The molecule has 0 spiro atoms. The highest BCUT2D eigenvalue weighted by Gasteiger charge is 2.36. The van der Waals surface area contributed by atoms with Gasteiger partial charge in [-0.25, -0.2) is 4.79 Å². The monoisotopic (exact) mass is 490 g/mol. The molecule has 2 heterocycles. The summed E-state index contributed by atoms with van der Waals surface area (Å²) >= 11 is 1.72. The number of carbonyl (C=O) groups excluding carboxylic acids is 2. The van der Waals surface area contributed by atoms with Crippen LogP contribution in [0.4, 0.5) is 5.00 Å². The van der Waals surface area contributed by atoms with E-state index in [9.17, 15) is 9.59 Å².